The maximum absolute atomic E-state index is 13.8. The molecule has 0 unspecified atom stereocenters. The summed E-state index contributed by atoms with van der Waals surface area (Å²) < 4.78 is 18.5. The lowest BCUT2D eigenvalue weighted by Crippen LogP contribution is -2.29. The van der Waals surface area contributed by atoms with Gasteiger partial charge in [0, 0.05) is 12.0 Å². The Bertz CT molecular complexity index is 1820. The summed E-state index contributed by atoms with van der Waals surface area (Å²) >= 11 is 1.35. The molecule has 0 radical (unpaired) electrons. The van der Waals surface area contributed by atoms with Crippen LogP contribution in [-0.2, 0) is 16.0 Å². The Morgan fingerprint density at radius 1 is 1.11 bits per heavy atom. The molecule has 6 rings (SSSR count). The second-order valence-electron chi connectivity index (χ2n) is 12.0. The number of methoxy groups -OCH3 is 1. The fraction of sp³-hybridized carbons (Fsp3) is 0.343. The molecule has 1 saturated heterocycles. The summed E-state index contributed by atoms with van der Waals surface area (Å²) in [6.45, 7) is 10.8. The van der Waals surface area contributed by atoms with E-state index in [0.717, 1.165) is 39.1 Å². The van der Waals surface area contributed by atoms with Crippen molar-refractivity contribution in [3.63, 3.8) is 0 Å². The largest absolute Gasteiger partial charge is 0.507 e. The first-order valence-electron chi connectivity index (χ1n) is 14.8. The molecule has 1 N–H and O–H groups in total. The van der Waals surface area contributed by atoms with Gasteiger partial charge in [0.05, 0.1) is 35.5 Å². The highest BCUT2D eigenvalue weighted by molar-refractivity contribution is 7.22. The first-order chi connectivity index (χ1) is 21.0. The number of aliphatic hydroxyl groups is 1. The number of carbonyl (C=O) groups excluding carboxylic acids is 2. The van der Waals surface area contributed by atoms with E-state index in [1.807, 2.05) is 45.0 Å². The number of aromatic nitrogens is 1. The van der Waals surface area contributed by atoms with E-state index in [2.05, 4.69) is 13.8 Å². The number of hydrogen-bond donors (Lipinski definition) is 1. The van der Waals surface area contributed by atoms with Gasteiger partial charge in [-0.2, -0.15) is 0 Å². The van der Waals surface area contributed by atoms with Crippen LogP contribution in [0.5, 0.6) is 17.2 Å². The maximum atomic E-state index is 13.8. The van der Waals surface area contributed by atoms with Gasteiger partial charge in [0.2, 0.25) is 0 Å². The third-order valence-corrected chi connectivity index (χ3v) is 9.10. The second kappa shape index (κ2) is 11.6. The Kier molecular flexibility index (Phi) is 7.84. The summed E-state index contributed by atoms with van der Waals surface area (Å²) in [7, 11) is 1.55. The number of amides is 1. The number of Topliss-reactive ketones (excluding diaryl/α,β-unsaturated/α-hetero) is 1. The van der Waals surface area contributed by atoms with Crippen LogP contribution in [0.15, 0.2) is 54.1 Å². The van der Waals surface area contributed by atoms with Crippen LogP contribution in [-0.4, -0.2) is 41.6 Å². The number of ketones is 1. The topological polar surface area (TPSA) is 98.2 Å². The number of nitrogens with zero attached hydrogens (tertiary/aromatic N) is 2. The van der Waals surface area contributed by atoms with Crippen LogP contribution in [0.3, 0.4) is 0 Å². The molecule has 1 amide bonds. The Morgan fingerprint density at radius 3 is 2.66 bits per heavy atom. The highest BCUT2D eigenvalue weighted by atomic mass is 32.1. The predicted octanol–water partition coefficient (Wildman–Crippen LogP) is 7.30. The fourth-order valence-electron chi connectivity index (χ4n) is 5.91. The monoisotopic (exact) mass is 612 g/mol. The number of hydrogen-bond acceptors (Lipinski definition) is 8. The number of carbonyl (C=O) groups is 2. The lowest BCUT2D eigenvalue weighted by molar-refractivity contribution is -0.132. The standard InChI is InChI=1S/C35H36N2O6S/c1-18(2)11-12-42-26-10-7-22(17-27(26)41-6)31-29(32(38)23-8-9-25-24(16-23)15-21(5)43-25)33(39)34(40)37(31)35-36-30-20(4)13-19(3)14-28(30)44-35/h7-10,13-14,16-18,21,31,38H,11-12,15H2,1-6H3/t21-,31-/m1/s1. The Balaban J connectivity index is 1.50. The molecule has 4 aromatic rings. The fourth-order valence-corrected chi connectivity index (χ4v) is 7.08. The summed E-state index contributed by atoms with van der Waals surface area (Å²) in [4.78, 5) is 33.9. The van der Waals surface area contributed by atoms with Crippen molar-refractivity contribution in [2.24, 2.45) is 5.92 Å². The van der Waals surface area contributed by atoms with Crippen LogP contribution in [0.4, 0.5) is 5.13 Å². The molecule has 1 fully saturated rings. The highest BCUT2D eigenvalue weighted by Gasteiger charge is 2.48. The van der Waals surface area contributed by atoms with Crippen molar-refractivity contribution in [2.45, 2.75) is 59.6 Å². The molecule has 8 nitrogen and oxygen atoms in total. The average Bonchev–Trinajstić information content (AvgIpc) is 3.65. The molecule has 228 valence electrons. The molecule has 2 aliphatic heterocycles. The summed E-state index contributed by atoms with van der Waals surface area (Å²) in [5.41, 5.74) is 4.80. The number of anilines is 1. The quantitative estimate of drug-likeness (QED) is 0.127. The lowest BCUT2D eigenvalue weighted by Gasteiger charge is -2.24. The average molecular weight is 613 g/mol. The molecule has 2 atom stereocenters. The van der Waals surface area contributed by atoms with Gasteiger partial charge in [-0.05, 0) is 91.8 Å². The lowest BCUT2D eigenvalue weighted by atomic mass is 9.94. The van der Waals surface area contributed by atoms with Crippen LogP contribution >= 0.6 is 11.3 Å². The third-order valence-electron chi connectivity index (χ3n) is 8.09. The Hall–Kier alpha value is -4.37. The molecule has 1 aromatic heterocycles. The third kappa shape index (κ3) is 5.30. The first-order valence-corrected chi connectivity index (χ1v) is 15.7. The van der Waals surface area contributed by atoms with Gasteiger partial charge < -0.3 is 19.3 Å². The smallest absolute Gasteiger partial charge is 0.301 e. The number of thiazole rings is 1. The van der Waals surface area contributed by atoms with Gasteiger partial charge in [0.15, 0.2) is 16.6 Å². The normalized spacial score (nSPS) is 19.1. The highest BCUT2D eigenvalue weighted by Crippen LogP contribution is 2.46. The van der Waals surface area contributed by atoms with Crippen LogP contribution in [0.1, 0.15) is 61.1 Å². The number of benzene rings is 3. The van der Waals surface area contributed by atoms with Crippen LogP contribution in [0.2, 0.25) is 0 Å². The minimum absolute atomic E-state index is 0.00963. The van der Waals surface area contributed by atoms with E-state index in [0.29, 0.717) is 46.7 Å². The molecule has 44 heavy (non-hydrogen) atoms. The van der Waals surface area contributed by atoms with E-state index in [9.17, 15) is 14.7 Å². The van der Waals surface area contributed by atoms with Crippen molar-refractivity contribution in [1.82, 2.24) is 4.98 Å². The van der Waals surface area contributed by atoms with E-state index in [-0.39, 0.29) is 17.4 Å². The summed E-state index contributed by atoms with van der Waals surface area (Å²) in [6, 6.07) is 13.8. The van der Waals surface area contributed by atoms with Crippen LogP contribution < -0.4 is 19.1 Å². The van der Waals surface area contributed by atoms with E-state index in [4.69, 9.17) is 19.2 Å². The molecule has 3 aromatic carbocycles. The van der Waals surface area contributed by atoms with Gasteiger partial charge in [-0.1, -0.05) is 37.3 Å². The molecular weight excluding hydrogens is 576 g/mol. The van der Waals surface area contributed by atoms with Crippen molar-refractivity contribution in [3.05, 3.63) is 81.9 Å². The van der Waals surface area contributed by atoms with Gasteiger partial charge in [0.1, 0.15) is 17.6 Å². The number of rotatable bonds is 8. The molecule has 0 spiro atoms. The van der Waals surface area contributed by atoms with Crippen molar-refractivity contribution < 1.29 is 28.9 Å². The van der Waals surface area contributed by atoms with Crippen LogP contribution in [0.25, 0.3) is 16.0 Å². The minimum Gasteiger partial charge on any atom is -0.507 e. The number of fused-ring (bicyclic) bond motifs is 2. The van der Waals surface area contributed by atoms with E-state index in [1.54, 1.807) is 31.4 Å². The zero-order chi connectivity index (χ0) is 31.3. The summed E-state index contributed by atoms with van der Waals surface area (Å²) in [5.74, 6) is 0.492. The zero-order valence-electron chi connectivity index (χ0n) is 25.8. The summed E-state index contributed by atoms with van der Waals surface area (Å²) in [5, 5.41) is 12.1. The number of aliphatic hydroxyl groups excluding tert-OH is 1. The number of ether oxygens (including phenoxy) is 3. The molecule has 0 aliphatic carbocycles. The molecule has 3 heterocycles. The molecule has 0 saturated carbocycles. The predicted molar refractivity (Wildman–Crippen MR) is 172 cm³/mol. The second-order valence-corrected chi connectivity index (χ2v) is 13.0. The van der Waals surface area contributed by atoms with E-state index < -0.39 is 17.7 Å². The van der Waals surface area contributed by atoms with Gasteiger partial charge in [-0.25, -0.2) is 4.98 Å². The number of aryl methyl sites for hydroxylation is 2. The minimum atomic E-state index is -0.945. The van der Waals surface area contributed by atoms with Gasteiger partial charge in [-0.15, -0.1) is 0 Å². The maximum Gasteiger partial charge on any atom is 0.301 e. The van der Waals surface area contributed by atoms with Crippen molar-refractivity contribution >= 4 is 44.1 Å². The van der Waals surface area contributed by atoms with E-state index >= 15 is 0 Å². The molecule has 2 aliphatic rings. The van der Waals surface area contributed by atoms with Gasteiger partial charge in [0.25, 0.3) is 5.78 Å². The molecule has 0 bridgehead atoms. The molecular formula is C35H36N2O6S. The zero-order valence-corrected chi connectivity index (χ0v) is 26.6. The van der Waals surface area contributed by atoms with Crippen molar-refractivity contribution in [2.75, 3.05) is 18.6 Å². The Labute approximate surface area is 260 Å². The summed E-state index contributed by atoms with van der Waals surface area (Å²) in [6.07, 6.45) is 1.59. The van der Waals surface area contributed by atoms with Crippen molar-refractivity contribution in [3.8, 4) is 17.2 Å². The van der Waals surface area contributed by atoms with Crippen LogP contribution in [0, 0.1) is 19.8 Å². The van der Waals surface area contributed by atoms with Gasteiger partial charge in [-0.3, -0.25) is 14.5 Å². The molecule has 9 heteroatoms. The van der Waals surface area contributed by atoms with Crippen molar-refractivity contribution in [1.29, 1.82) is 0 Å². The van der Waals surface area contributed by atoms with Gasteiger partial charge >= 0.3 is 5.91 Å². The first kappa shape index (κ1) is 29.7. The SMILES string of the molecule is COc1cc([C@@H]2C(=C(O)c3ccc4c(c3)C[C@@H](C)O4)C(=O)C(=O)N2c2nc3c(C)cc(C)cc3s2)ccc1OCCC(C)C. The van der Waals surface area contributed by atoms with E-state index in [1.165, 1.54) is 16.2 Å². The Morgan fingerprint density at radius 2 is 1.91 bits per heavy atom.